The lowest BCUT2D eigenvalue weighted by molar-refractivity contribution is 0.417. The molecule has 0 amide bonds. The van der Waals surface area contributed by atoms with E-state index in [0.29, 0.717) is 11.8 Å². The van der Waals surface area contributed by atoms with Crippen molar-refractivity contribution in [1.29, 1.82) is 0 Å². The second kappa shape index (κ2) is 8.47. The van der Waals surface area contributed by atoms with Crippen LogP contribution >= 0.6 is 0 Å². The Labute approximate surface area is 154 Å². The van der Waals surface area contributed by atoms with Gasteiger partial charge in [0.1, 0.15) is 0 Å². The van der Waals surface area contributed by atoms with Crippen molar-refractivity contribution < 1.29 is 0 Å². The van der Waals surface area contributed by atoms with Crippen molar-refractivity contribution in [2.24, 2.45) is 0 Å². The molecule has 0 aliphatic heterocycles. The fourth-order valence-corrected chi connectivity index (χ4v) is 5.34. The molecular weight excluding hydrogens is 304 g/mol. The predicted molar refractivity (Wildman–Crippen MR) is 110 cm³/mol. The van der Waals surface area contributed by atoms with E-state index in [4.69, 9.17) is 11.5 Å². The standard InChI is InChI=1S/C23H38N2/c1-3-4-15-19-20(17-11-7-5-8-12-17)21(18-13-9-6-10-14-18)23(25)16(2)22(19)24/h17-18H,3-15,24-25H2,1-2H3. The van der Waals surface area contributed by atoms with Gasteiger partial charge in [0.25, 0.3) is 0 Å². The SMILES string of the molecule is CCCCc1c(N)c(C)c(N)c(C2CCCCC2)c1C1CCCCC1. The Bertz CT molecular complexity index is 578. The first-order chi connectivity index (χ1) is 12.1. The third kappa shape index (κ3) is 3.83. The summed E-state index contributed by atoms with van der Waals surface area (Å²) in [6.07, 6.45) is 17.2. The second-order valence-electron chi connectivity index (χ2n) is 8.53. The Balaban J connectivity index is 2.13. The molecule has 0 bridgehead atoms. The number of anilines is 2. The maximum atomic E-state index is 6.74. The average molecular weight is 343 g/mol. The van der Waals surface area contributed by atoms with Crippen LogP contribution in [0, 0.1) is 6.92 Å². The first-order valence-corrected chi connectivity index (χ1v) is 10.8. The van der Waals surface area contributed by atoms with Crippen molar-refractivity contribution in [2.45, 2.75) is 109 Å². The molecule has 0 unspecified atom stereocenters. The Kier molecular flexibility index (Phi) is 6.30. The number of unbranched alkanes of at least 4 members (excludes halogenated alkanes) is 1. The van der Waals surface area contributed by atoms with Gasteiger partial charge in [0.2, 0.25) is 0 Å². The molecule has 2 saturated carbocycles. The van der Waals surface area contributed by atoms with E-state index in [0.717, 1.165) is 23.4 Å². The van der Waals surface area contributed by atoms with Gasteiger partial charge in [-0.3, -0.25) is 0 Å². The van der Waals surface area contributed by atoms with Crippen LogP contribution in [0.15, 0.2) is 0 Å². The highest BCUT2D eigenvalue weighted by Gasteiger charge is 2.30. The minimum absolute atomic E-state index is 0.672. The van der Waals surface area contributed by atoms with Crippen LogP contribution in [0.5, 0.6) is 0 Å². The Morgan fingerprint density at radius 2 is 1.28 bits per heavy atom. The molecule has 1 aromatic carbocycles. The minimum Gasteiger partial charge on any atom is -0.398 e. The van der Waals surface area contributed by atoms with Gasteiger partial charge in [0.15, 0.2) is 0 Å². The molecule has 1 aromatic rings. The summed E-state index contributed by atoms with van der Waals surface area (Å²) < 4.78 is 0. The van der Waals surface area contributed by atoms with E-state index in [1.54, 1.807) is 5.56 Å². The third-order valence-electron chi connectivity index (χ3n) is 6.85. The molecular formula is C23H38N2. The van der Waals surface area contributed by atoms with Gasteiger partial charge in [-0.2, -0.15) is 0 Å². The highest BCUT2D eigenvalue weighted by Crippen LogP contribution is 2.48. The third-order valence-corrected chi connectivity index (χ3v) is 6.85. The van der Waals surface area contributed by atoms with E-state index in [9.17, 15) is 0 Å². The highest BCUT2D eigenvalue weighted by molar-refractivity contribution is 5.73. The zero-order valence-electron chi connectivity index (χ0n) is 16.5. The number of hydrogen-bond donors (Lipinski definition) is 2. The molecule has 3 rings (SSSR count). The van der Waals surface area contributed by atoms with Crippen molar-refractivity contribution in [3.63, 3.8) is 0 Å². The molecule has 4 N–H and O–H groups in total. The first-order valence-electron chi connectivity index (χ1n) is 10.8. The highest BCUT2D eigenvalue weighted by atomic mass is 14.7. The van der Waals surface area contributed by atoms with Crippen LogP contribution in [0.3, 0.4) is 0 Å². The fraction of sp³-hybridized carbons (Fsp3) is 0.739. The monoisotopic (exact) mass is 342 g/mol. The number of nitrogens with two attached hydrogens (primary N) is 2. The molecule has 2 heteroatoms. The molecule has 25 heavy (non-hydrogen) atoms. The summed E-state index contributed by atoms with van der Waals surface area (Å²) in [6.45, 7) is 4.43. The fourth-order valence-electron chi connectivity index (χ4n) is 5.34. The van der Waals surface area contributed by atoms with Gasteiger partial charge in [0, 0.05) is 11.4 Å². The first kappa shape index (κ1) is 18.6. The Morgan fingerprint density at radius 3 is 1.80 bits per heavy atom. The van der Waals surface area contributed by atoms with Crippen molar-refractivity contribution in [3.8, 4) is 0 Å². The predicted octanol–water partition coefficient (Wildman–Crippen LogP) is 6.60. The molecule has 0 spiro atoms. The molecule has 140 valence electrons. The van der Waals surface area contributed by atoms with Crippen LogP contribution in [-0.2, 0) is 6.42 Å². The number of rotatable bonds is 5. The zero-order valence-corrected chi connectivity index (χ0v) is 16.5. The maximum Gasteiger partial charge on any atom is 0.0402 e. The summed E-state index contributed by atoms with van der Waals surface area (Å²) >= 11 is 0. The largest absolute Gasteiger partial charge is 0.398 e. The van der Waals surface area contributed by atoms with Crippen molar-refractivity contribution in [1.82, 2.24) is 0 Å². The molecule has 0 heterocycles. The van der Waals surface area contributed by atoms with Gasteiger partial charge >= 0.3 is 0 Å². The molecule has 2 fully saturated rings. The lowest BCUT2D eigenvalue weighted by atomic mass is 9.72. The lowest BCUT2D eigenvalue weighted by Gasteiger charge is -2.34. The summed E-state index contributed by atoms with van der Waals surface area (Å²) in [5.74, 6) is 1.37. The second-order valence-corrected chi connectivity index (χ2v) is 8.53. The van der Waals surface area contributed by atoms with E-state index in [1.807, 2.05) is 0 Å². The van der Waals surface area contributed by atoms with Crippen LogP contribution in [0.4, 0.5) is 11.4 Å². The molecule has 0 aromatic heterocycles. The van der Waals surface area contributed by atoms with Gasteiger partial charge in [-0.15, -0.1) is 0 Å². The molecule has 2 aliphatic carbocycles. The van der Waals surface area contributed by atoms with Gasteiger partial charge in [-0.05, 0) is 79.5 Å². The minimum atomic E-state index is 0.672. The Hall–Kier alpha value is -1.18. The summed E-state index contributed by atoms with van der Waals surface area (Å²) in [4.78, 5) is 0. The molecule has 0 atom stereocenters. The zero-order chi connectivity index (χ0) is 17.8. The maximum absolute atomic E-state index is 6.74. The van der Waals surface area contributed by atoms with Gasteiger partial charge in [0.05, 0.1) is 0 Å². The average Bonchev–Trinajstić information content (AvgIpc) is 2.66. The Morgan fingerprint density at radius 1 is 0.760 bits per heavy atom. The lowest BCUT2D eigenvalue weighted by Crippen LogP contribution is -2.19. The topological polar surface area (TPSA) is 52.0 Å². The van der Waals surface area contributed by atoms with Crippen LogP contribution in [-0.4, -0.2) is 0 Å². The molecule has 0 radical (unpaired) electrons. The van der Waals surface area contributed by atoms with Gasteiger partial charge in [-0.25, -0.2) is 0 Å². The number of benzene rings is 1. The van der Waals surface area contributed by atoms with E-state index in [2.05, 4.69) is 13.8 Å². The smallest absolute Gasteiger partial charge is 0.0402 e. The summed E-state index contributed by atoms with van der Waals surface area (Å²) in [6, 6.07) is 0. The van der Waals surface area contributed by atoms with Crippen molar-refractivity contribution >= 4 is 11.4 Å². The van der Waals surface area contributed by atoms with E-state index in [1.165, 1.54) is 88.2 Å². The van der Waals surface area contributed by atoms with E-state index < -0.39 is 0 Å². The quantitative estimate of drug-likeness (QED) is 0.592. The molecule has 2 nitrogen and oxygen atoms in total. The molecule has 0 saturated heterocycles. The van der Waals surface area contributed by atoms with Crippen molar-refractivity contribution in [2.75, 3.05) is 11.5 Å². The summed E-state index contributed by atoms with van der Waals surface area (Å²) in [7, 11) is 0. The summed E-state index contributed by atoms with van der Waals surface area (Å²) in [5.41, 5.74) is 21.2. The van der Waals surface area contributed by atoms with Crippen LogP contribution in [0.1, 0.15) is 118 Å². The van der Waals surface area contributed by atoms with Gasteiger partial charge in [-0.1, -0.05) is 51.9 Å². The van der Waals surface area contributed by atoms with Crippen LogP contribution < -0.4 is 11.5 Å². The van der Waals surface area contributed by atoms with Crippen molar-refractivity contribution in [3.05, 3.63) is 22.3 Å². The van der Waals surface area contributed by atoms with Crippen LogP contribution in [0.2, 0.25) is 0 Å². The van der Waals surface area contributed by atoms with Crippen LogP contribution in [0.25, 0.3) is 0 Å². The molecule has 2 aliphatic rings. The van der Waals surface area contributed by atoms with E-state index in [-0.39, 0.29) is 0 Å². The number of nitrogen functional groups attached to an aromatic ring is 2. The van der Waals surface area contributed by atoms with E-state index >= 15 is 0 Å². The summed E-state index contributed by atoms with van der Waals surface area (Å²) in [5, 5.41) is 0. The van der Waals surface area contributed by atoms with Gasteiger partial charge < -0.3 is 11.5 Å². The number of hydrogen-bond acceptors (Lipinski definition) is 2. The normalized spacial score (nSPS) is 20.1.